The number of anilines is 1. The lowest BCUT2D eigenvalue weighted by Gasteiger charge is -2.20. The van der Waals surface area contributed by atoms with Crippen LogP contribution in [0.3, 0.4) is 0 Å². The number of amides is 3. The van der Waals surface area contributed by atoms with Gasteiger partial charge >= 0.3 is 12.0 Å². The van der Waals surface area contributed by atoms with Crippen molar-refractivity contribution in [2.24, 2.45) is 0 Å². The number of esters is 1. The monoisotopic (exact) mass is 463 g/mol. The zero-order valence-electron chi connectivity index (χ0n) is 18.1. The molecule has 0 saturated carbocycles. The molecule has 0 saturated heterocycles. The lowest BCUT2D eigenvalue weighted by atomic mass is 10.2. The molecule has 0 radical (unpaired) electrons. The number of benzene rings is 2. The molecule has 172 valence electrons. The molecule has 0 aliphatic rings. The number of carbonyl (C=O) groups excluding carboxylic acids is 3. The molecule has 1 atom stereocenters. The fourth-order valence-electron chi connectivity index (χ4n) is 2.57. The van der Waals surface area contributed by atoms with E-state index in [4.69, 9.17) is 9.47 Å². The first-order valence-electron chi connectivity index (χ1n) is 9.62. The van der Waals surface area contributed by atoms with Crippen molar-refractivity contribution < 1.29 is 32.3 Å². The number of rotatable bonds is 8. The van der Waals surface area contributed by atoms with Gasteiger partial charge in [-0.1, -0.05) is 6.07 Å². The zero-order valence-corrected chi connectivity index (χ0v) is 18.9. The highest BCUT2D eigenvalue weighted by Gasteiger charge is 2.25. The quantitative estimate of drug-likeness (QED) is 0.572. The van der Waals surface area contributed by atoms with Crippen molar-refractivity contribution in [3.8, 4) is 5.75 Å². The van der Waals surface area contributed by atoms with Crippen LogP contribution in [0.1, 0.15) is 24.2 Å². The molecule has 11 heteroatoms. The Morgan fingerprint density at radius 1 is 1.09 bits per heavy atom. The Labute approximate surface area is 186 Å². The lowest BCUT2D eigenvalue weighted by molar-refractivity contribution is -0.127. The molecule has 2 N–H and O–H groups in total. The van der Waals surface area contributed by atoms with Crippen LogP contribution in [0.4, 0.5) is 10.5 Å². The summed E-state index contributed by atoms with van der Waals surface area (Å²) < 4.78 is 37.2. The maximum atomic E-state index is 13.0. The third-order valence-corrected chi connectivity index (χ3v) is 6.17. The van der Waals surface area contributed by atoms with Gasteiger partial charge in [0, 0.05) is 13.6 Å². The van der Waals surface area contributed by atoms with E-state index in [1.54, 1.807) is 31.2 Å². The van der Waals surface area contributed by atoms with E-state index in [0.717, 1.165) is 10.4 Å². The van der Waals surface area contributed by atoms with Crippen LogP contribution >= 0.6 is 0 Å². The summed E-state index contributed by atoms with van der Waals surface area (Å²) in [5, 5.41) is 4.42. The molecule has 32 heavy (non-hydrogen) atoms. The van der Waals surface area contributed by atoms with E-state index >= 15 is 0 Å². The highest BCUT2D eigenvalue weighted by Crippen LogP contribution is 2.25. The first-order chi connectivity index (χ1) is 15.1. The van der Waals surface area contributed by atoms with Gasteiger partial charge in [0.1, 0.15) is 5.75 Å². The van der Waals surface area contributed by atoms with Crippen LogP contribution < -0.4 is 19.7 Å². The lowest BCUT2D eigenvalue weighted by Crippen LogP contribution is -2.44. The number of nitrogens with zero attached hydrogens (tertiary/aromatic N) is 1. The third kappa shape index (κ3) is 5.97. The summed E-state index contributed by atoms with van der Waals surface area (Å²) in [6.07, 6.45) is -1.27. The second kappa shape index (κ2) is 10.6. The minimum atomic E-state index is -3.98. The largest absolute Gasteiger partial charge is 0.497 e. The molecule has 1 unspecified atom stereocenters. The third-order valence-electron chi connectivity index (χ3n) is 4.39. The molecule has 0 aromatic heterocycles. The summed E-state index contributed by atoms with van der Waals surface area (Å²) in [6.45, 7) is 3.30. The minimum Gasteiger partial charge on any atom is -0.497 e. The molecule has 0 heterocycles. The number of urea groups is 1. The van der Waals surface area contributed by atoms with Crippen LogP contribution in [0.15, 0.2) is 53.4 Å². The van der Waals surface area contributed by atoms with Gasteiger partial charge in [0.2, 0.25) is 0 Å². The molecule has 0 aliphatic heterocycles. The molecule has 0 spiro atoms. The number of sulfonamides is 1. The van der Waals surface area contributed by atoms with E-state index in [-0.39, 0.29) is 10.5 Å². The first kappa shape index (κ1) is 24.7. The Bertz CT molecular complexity index is 1080. The van der Waals surface area contributed by atoms with Crippen LogP contribution in [0.5, 0.6) is 5.75 Å². The topological polar surface area (TPSA) is 131 Å². The minimum absolute atomic E-state index is 0.0631. The molecule has 3 amide bonds. The molecular formula is C21H25N3O7S. The Kier molecular flexibility index (Phi) is 8.19. The Morgan fingerprint density at radius 3 is 2.34 bits per heavy atom. The normalized spacial score (nSPS) is 11.8. The fourth-order valence-corrected chi connectivity index (χ4v) is 3.81. The zero-order chi connectivity index (χ0) is 23.9. The highest BCUT2D eigenvalue weighted by atomic mass is 32.2. The van der Waals surface area contributed by atoms with E-state index in [0.29, 0.717) is 18.0 Å². The van der Waals surface area contributed by atoms with Gasteiger partial charge in [-0.3, -0.25) is 14.4 Å². The van der Waals surface area contributed by atoms with Gasteiger partial charge in [-0.15, -0.1) is 0 Å². The highest BCUT2D eigenvalue weighted by molar-refractivity contribution is 7.92. The number of carbonyl (C=O) groups is 3. The van der Waals surface area contributed by atoms with Crippen molar-refractivity contribution in [3.05, 3.63) is 54.1 Å². The number of nitrogens with one attached hydrogen (secondary N) is 2. The summed E-state index contributed by atoms with van der Waals surface area (Å²) in [5.41, 5.74) is 0.335. The molecular weight excluding hydrogens is 438 g/mol. The van der Waals surface area contributed by atoms with E-state index in [1.165, 1.54) is 39.3 Å². The van der Waals surface area contributed by atoms with Crippen molar-refractivity contribution in [1.82, 2.24) is 10.6 Å². The van der Waals surface area contributed by atoms with Crippen LogP contribution in [-0.4, -0.2) is 53.1 Å². The van der Waals surface area contributed by atoms with Gasteiger partial charge in [0.15, 0.2) is 6.10 Å². The molecule has 0 aliphatic carbocycles. The second-order valence-corrected chi connectivity index (χ2v) is 8.56. The number of ether oxygens (including phenoxy) is 2. The standard InChI is InChI=1S/C21H25N3O7S/c1-5-22-21(27)23-19(25)14(2)31-20(26)15-7-6-8-18(13-15)32(28,29)24(3)16-9-11-17(30-4)12-10-16/h6-14H,5H2,1-4H3,(H2,22,23,25,27). The molecule has 2 aromatic rings. The smallest absolute Gasteiger partial charge is 0.338 e. The summed E-state index contributed by atoms with van der Waals surface area (Å²) in [7, 11) is -1.09. The maximum Gasteiger partial charge on any atom is 0.338 e. The van der Waals surface area contributed by atoms with Crippen LogP contribution in [0.2, 0.25) is 0 Å². The van der Waals surface area contributed by atoms with Gasteiger partial charge < -0.3 is 14.8 Å². The molecule has 0 fully saturated rings. The van der Waals surface area contributed by atoms with Crippen molar-refractivity contribution in [1.29, 1.82) is 0 Å². The molecule has 2 rings (SSSR count). The number of hydrogen-bond acceptors (Lipinski definition) is 7. The predicted octanol–water partition coefficient (Wildman–Crippen LogP) is 1.91. The maximum absolute atomic E-state index is 13.0. The summed E-state index contributed by atoms with van der Waals surface area (Å²) in [6, 6.07) is 11.0. The summed E-state index contributed by atoms with van der Waals surface area (Å²) >= 11 is 0. The van der Waals surface area contributed by atoms with Crippen molar-refractivity contribution >= 4 is 33.6 Å². The predicted molar refractivity (Wildman–Crippen MR) is 117 cm³/mol. The number of methoxy groups -OCH3 is 1. The summed E-state index contributed by atoms with van der Waals surface area (Å²) in [5.74, 6) is -1.14. The average Bonchev–Trinajstić information content (AvgIpc) is 2.78. The Morgan fingerprint density at radius 2 is 1.75 bits per heavy atom. The van der Waals surface area contributed by atoms with Gasteiger partial charge in [-0.25, -0.2) is 18.0 Å². The van der Waals surface area contributed by atoms with Crippen molar-refractivity contribution in [2.75, 3.05) is 25.0 Å². The van der Waals surface area contributed by atoms with Crippen LogP contribution in [-0.2, 0) is 19.6 Å². The second-order valence-electron chi connectivity index (χ2n) is 6.59. The molecule has 2 aromatic carbocycles. The molecule has 0 bridgehead atoms. The average molecular weight is 464 g/mol. The fraction of sp³-hybridized carbons (Fsp3) is 0.286. The van der Waals surface area contributed by atoms with Crippen molar-refractivity contribution in [3.63, 3.8) is 0 Å². The van der Waals surface area contributed by atoms with Crippen molar-refractivity contribution in [2.45, 2.75) is 24.8 Å². The van der Waals surface area contributed by atoms with E-state index < -0.39 is 34.0 Å². The van der Waals surface area contributed by atoms with E-state index in [2.05, 4.69) is 5.32 Å². The van der Waals surface area contributed by atoms with Gasteiger partial charge in [0.05, 0.1) is 23.3 Å². The van der Waals surface area contributed by atoms with E-state index in [9.17, 15) is 22.8 Å². The number of hydrogen-bond donors (Lipinski definition) is 2. The van der Waals surface area contributed by atoms with Crippen LogP contribution in [0, 0.1) is 0 Å². The van der Waals surface area contributed by atoms with E-state index in [1.807, 2.05) is 5.32 Å². The summed E-state index contributed by atoms with van der Waals surface area (Å²) in [4.78, 5) is 35.7. The Balaban J connectivity index is 2.16. The van der Waals surface area contributed by atoms with Crippen LogP contribution in [0.25, 0.3) is 0 Å². The van der Waals surface area contributed by atoms with Gasteiger partial charge in [-0.05, 0) is 56.3 Å². The number of imide groups is 1. The molecule has 10 nitrogen and oxygen atoms in total. The Hall–Kier alpha value is -3.60. The first-order valence-corrected chi connectivity index (χ1v) is 11.1. The SMILES string of the molecule is CCNC(=O)NC(=O)C(C)OC(=O)c1cccc(S(=O)(=O)N(C)c2ccc(OC)cc2)c1. The van der Waals surface area contributed by atoms with Gasteiger partial charge in [-0.2, -0.15) is 0 Å². The van der Waals surface area contributed by atoms with Gasteiger partial charge in [0.25, 0.3) is 15.9 Å².